The summed E-state index contributed by atoms with van der Waals surface area (Å²) in [6.45, 7) is 4.86. The topological polar surface area (TPSA) is 52.3 Å². The van der Waals surface area contributed by atoms with E-state index in [0.29, 0.717) is 6.61 Å². The standard InChI is InChI=1S/C10H17NO2/c1-3-10(2)7-8(4-5-13-10)6-9(11)12/h6H,3-5,7H2,1-2H3,(H2,11,12). The second kappa shape index (κ2) is 3.92. The highest BCUT2D eigenvalue weighted by atomic mass is 16.5. The lowest BCUT2D eigenvalue weighted by Gasteiger charge is -2.34. The average Bonchev–Trinajstić information content (AvgIpc) is 2.03. The van der Waals surface area contributed by atoms with Gasteiger partial charge in [-0.1, -0.05) is 12.5 Å². The van der Waals surface area contributed by atoms with Crippen LogP contribution in [0.4, 0.5) is 0 Å². The molecule has 0 radical (unpaired) electrons. The number of carbonyl (C=O) groups is 1. The normalized spacial score (nSPS) is 32.0. The number of ether oxygens (including phenoxy) is 1. The zero-order valence-corrected chi connectivity index (χ0v) is 8.30. The third kappa shape index (κ3) is 2.84. The van der Waals surface area contributed by atoms with Crippen molar-refractivity contribution in [3.8, 4) is 0 Å². The zero-order chi connectivity index (χ0) is 9.90. The molecule has 0 aromatic rings. The molecule has 1 fully saturated rings. The van der Waals surface area contributed by atoms with Gasteiger partial charge in [-0.05, 0) is 26.2 Å². The summed E-state index contributed by atoms with van der Waals surface area (Å²) >= 11 is 0. The minimum absolute atomic E-state index is 0.0977. The molecule has 0 aliphatic carbocycles. The van der Waals surface area contributed by atoms with Crippen LogP contribution in [-0.2, 0) is 9.53 Å². The number of carbonyl (C=O) groups excluding carboxylic acids is 1. The fourth-order valence-electron chi connectivity index (χ4n) is 1.60. The van der Waals surface area contributed by atoms with Crippen molar-refractivity contribution in [1.82, 2.24) is 0 Å². The van der Waals surface area contributed by atoms with Gasteiger partial charge in [0.25, 0.3) is 0 Å². The Bertz CT molecular complexity index is 235. The van der Waals surface area contributed by atoms with Gasteiger partial charge in [0.15, 0.2) is 0 Å². The van der Waals surface area contributed by atoms with Crippen LogP contribution in [0.15, 0.2) is 11.6 Å². The van der Waals surface area contributed by atoms with Crippen molar-refractivity contribution in [2.24, 2.45) is 5.73 Å². The van der Waals surface area contributed by atoms with Crippen molar-refractivity contribution in [2.45, 2.75) is 38.7 Å². The lowest BCUT2D eigenvalue weighted by atomic mass is 9.89. The Morgan fingerprint density at radius 1 is 1.77 bits per heavy atom. The van der Waals surface area contributed by atoms with Crippen molar-refractivity contribution < 1.29 is 9.53 Å². The first-order valence-corrected chi connectivity index (χ1v) is 4.68. The van der Waals surface area contributed by atoms with Crippen LogP contribution < -0.4 is 5.73 Å². The molecule has 3 heteroatoms. The summed E-state index contributed by atoms with van der Waals surface area (Å²) in [6.07, 6.45) is 4.16. The first-order valence-electron chi connectivity index (χ1n) is 4.68. The molecule has 1 rings (SSSR count). The first kappa shape index (κ1) is 10.3. The van der Waals surface area contributed by atoms with E-state index in [2.05, 4.69) is 13.8 Å². The molecule has 0 aromatic heterocycles. The van der Waals surface area contributed by atoms with Gasteiger partial charge < -0.3 is 10.5 Å². The molecular weight excluding hydrogens is 166 g/mol. The molecule has 1 amide bonds. The molecule has 0 saturated carbocycles. The van der Waals surface area contributed by atoms with Crippen molar-refractivity contribution in [2.75, 3.05) is 6.61 Å². The van der Waals surface area contributed by atoms with E-state index in [-0.39, 0.29) is 11.5 Å². The molecule has 74 valence electrons. The van der Waals surface area contributed by atoms with E-state index in [1.165, 1.54) is 6.08 Å². The monoisotopic (exact) mass is 183 g/mol. The fourth-order valence-corrected chi connectivity index (χ4v) is 1.60. The molecule has 3 nitrogen and oxygen atoms in total. The van der Waals surface area contributed by atoms with Crippen LogP contribution in [0.5, 0.6) is 0 Å². The number of hydrogen-bond acceptors (Lipinski definition) is 2. The number of amides is 1. The predicted octanol–water partition coefficient (Wildman–Crippen LogP) is 1.38. The van der Waals surface area contributed by atoms with Gasteiger partial charge in [0.05, 0.1) is 12.2 Å². The van der Waals surface area contributed by atoms with Gasteiger partial charge >= 0.3 is 0 Å². The first-order chi connectivity index (χ1) is 6.06. The zero-order valence-electron chi connectivity index (χ0n) is 8.30. The van der Waals surface area contributed by atoms with Gasteiger partial charge in [-0.25, -0.2) is 0 Å². The summed E-state index contributed by atoms with van der Waals surface area (Å²) in [6, 6.07) is 0. The van der Waals surface area contributed by atoms with Crippen molar-refractivity contribution in [3.05, 3.63) is 11.6 Å². The smallest absolute Gasteiger partial charge is 0.241 e. The van der Waals surface area contributed by atoms with Crippen LogP contribution in [0.25, 0.3) is 0 Å². The summed E-state index contributed by atoms with van der Waals surface area (Å²) in [7, 11) is 0. The van der Waals surface area contributed by atoms with Crippen LogP contribution >= 0.6 is 0 Å². The Hall–Kier alpha value is -0.830. The summed E-state index contributed by atoms with van der Waals surface area (Å²) in [5, 5.41) is 0. The SMILES string of the molecule is CCC1(C)CC(=CC(N)=O)CCO1. The molecule has 1 unspecified atom stereocenters. The molecule has 1 saturated heterocycles. The van der Waals surface area contributed by atoms with Crippen LogP contribution in [0.1, 0.15) is 33.1 Å². The molecule has 1 aliphatic rings. The summed E-state index contributed by atoms with van der Waals surface area (Å²) in [4.78, 5) is 10.7. The third-order valence-electron chi connectivity index (χ3n) is 2.57. The number of rotatable bonds is 2. The Labute approximate surface area is 78.9 Å². The van der Waals surface area contributed by atoms with Crippen LogP contribution in [0.2, 0.25) is 0 Å². The van der Waals surface area contributed by atoms with E-state index in [4.69, 9.17) is 10.5 Å². The molecule has 1 aliphatic heterocycles. The summed E-state index contributed by atoms with van der Waals surface area (Å²) in [5.41, 5.74) is 6.11. The molecule has 0 bridgehead atoms. The van der Waals surface area contributed by atoms with E-state index in [1.54, 1.807) is 0 Å². The Balaban J connectivity index is 2.66. The van der Waals surface area contributed by atoms with E-state index in [9.17, 15) is 4.79 Å². The van der Waals surface area contributed by atoms with E-state index >= 15 is 0 Å². The average molecular weight is 183 g/mol. The molecule has 0 spiro atoms. The minimum Gasteiger partial charge on any atom is -0.375 e. The highest BCUT2D eigenvalue weighted by Crippen LogP contribution is 2.30. The number of hydrogen-bond donors (Lipinski definition) is 1. The Kier molecular flexibility index (Phi) is 3.09. The maximum Gasteiger partial charge on any atom is 0.241 e. The second-order valence-corrected chi connectivity index (χ2v) is 3.78. The number of primary amides is 1. The Morgan fingerprint density at radius 2 is 2.46 bits per heavy atom. The van der Waals surface area contributed by atoms with E-state index in [1.807, 2.05) is 0 Å². The fraction of sp³-hybridized carbons (Fsp3) is 0.700. The van der Waals surface area contributed by atoms with Gasteiger partial charge in [0, 0.05) is 6.08 Å². The number of nitrogens with two attached hydrogens (primary N) is 1. The van der Waals surface area contributed by atoms with Crippen LogP contribution in [-0.4, -0.2) is 18.1 Å². The van der Waals surface area contributed by atoms with Crippen molar-refractivity contribution >= 4 is 5.91 Å². The van der Waals surface area contributed by atoms with Crippen molar-refractivity contribution in [1.29, 1.82) is 0 Å². The van der Waals surface area contributed by atoms with E-state index in [0.717, 1.165) is 24.8 Å². The van der Waals surface area contributed by atoms with Gasteiger partial charge in [-0.15, -0.1) is 0 Å². The third-order valence-corrected chi connectivity index (χ3v) is 2.57. The van der Waals surface area contributed by atoms with E-state index < -0.39 is 0 Å². The van der Waals surface area contributed by atoms with Crippen molar-refractivity contribution in [3.63, 3.8) is 0 Å². The lowest BCUT2D eigenvalue weighted by Crippen LogP contribution is -2.33. The van der Waals surface area contributed by atoms with Gasteiger partial charge in [-0.2, -0.15) is 0 Å². The summed E-state index contributed by atoms with van der Waals surface area (Å²) < 4.78 is 5.63. The van der Waals surface area contributed by atoms with Gasteiger partial charge in [0.1, 0.15) is 0 Å². The maximum absolute atomic E-state index is 10.7. The molecule has 2 N–H and O–H groups in total. The quantitative estimate of drug-likeness (QED) is 0.657. The predicted molar refractivity (Wildman–Crippen MR) is 51.2 cm³/mol. The lowest BCUT2D eigenvalue weighted by molar-refractivity contribution is -0.113. The molecule has 13 heavy (non-hydrogen) atoms. The van der Waals surface area contributed by atoms with Crippen LogP contribution in [0, 0.1) is 0 Å². The van der Waals surface area contributed by atoms with Crippen LogP contribution in [0.3, 0.4) is 0 Å². The molecule has 1 atom stereocenters. The minimum atomic E-state index is -0.352. The molecule has 1 heterocycles. The van der Waals surface area contributed by atoms with Gasteiger partial charge in [0.2, 0.25) is 5.91 Å². The molecular formula is C10H17NO2. The second-order valence-electron chi connectivity index (χ2n) is 3.78. The maximum atomic E-state index is 10.7. The summed E-state index contributed by atoms with van der Waals surface area (Å²) in [5.74, 6) is -0.352. The molecule has 0 aromatic carbocycles. The highest BCUT2D eigenvalue weighted by molar-refractivity contribution is 5.86. The highest BCUT2D eigenvalue weighted by Gasteiger charge is 2.28. The Morgan fingerprint density at radius 3 is 3.00 bits per heavy atom. The van der Waals surface area contributed by atoms with Gasteiger partial charge in [-0.3, -0.25) is 4.79 Å². The largest absolute Gasteiger partial charge is 0.375 e.